The fraction of sp³-hybridized carbons (Fsp3) is 0.692. The van der Waals surface area contributed by atoms with Crippen LogP contribution in [0.5, 0.6) is 0 Å². The van der Waals surface area contributed by atoms with E-state index in [2.05, 4.69) is 10.2 Å². The van der Waals surface area contributed by atoms with E-state index in [4.69, 9.17) is 0 Å². The molecule has 2 fully saturated rings. The predicted octanol–water partition coefficient (Wildman–Crippen LogP) is 2.37. The standard InChI is InChI=1S/C13H19N3O2S/c17-16(18)13-7-10(9-19-13)8-14-11-4-6-15-5-2-1-3-12(11)15/h7,9,11-12,14H,1-6,8H2. The van der Waals surface area contributed by atoms with Gasteiger partial charge in [0.15, 0.2) is 0 Å². The molecule has 6 heteroatoms. The molecule has 0 aliphatic carbocycles. The Labute approximate surface area is 116 Å². The lowest BCUT2D eigenvalue weighted by Gasteiger charge is -2.32. The normalized spacial score (nSPS) is 27.4. The lowest BCUT2D eigenvalue weighted by molar-refractivity contribution is -0.380. The number of rotatable bonds is 4. The van der Waals surface area contributed by atoms with Crippen molar-refractivity contribution in [3.63, 3.8) is 0 Å². The zero-order valence-electron chi connectivity index (χ0n) is 10.9. The number of nitro groups is 1. The van der Waals surface area contributed by atoms with E-state index in [-0.39, 0.29) is 9.92 Å². The molecule has 2 atom stereocenters. The van der Waals surface area contributed by atoms with Gasteiger partial charge in [0.05, 0.1) is 4.92 Å². The molecule has 0 spiro atoms. The Hall–Kier alpha value is -0.980. The molecule has 2 saturated heterocycles. The molecule has 5 nitrogen and oxygen atoms in total. The Balaban J connectivity index is 1.55. The van der Waals surface area contributed by atoms with E-state index in [0.717, 1.165) is 12.1 Å². The summed E-state index contributed by atoms with van der Waals surface area (Å²) in [4.78, 5) is 12.9. The summed E-state index contributed by atoms with van der Waals surface area (Å²) in [5.74, 6) is 0. The fourth-order valence-corrected chi connectivity index (χ4v) is 4.01. The molecule has 3 heterocycles. The molecule has 1 N–H and O–H groups in total. The van der Waals surface area contributed by atoms with E-state index in [9.17, 15) is 10.1 Å². The molecule has 2 aliphatic rings. The lowest BCUT2D eigenvalue weighted by Crippen LogP contribution is -2.44. The van der Waals surface area contributed by atoms with Crippen LogP contribution in [0.2, 0.25) is 0 Å². The first-order valence-corrected chi connectivity index (χ1v) is 7.81. The summed E-state index contributed by atoms with van der Waals surface area (Å²) in [6.07, 6.45) is 5.17. The van der Waals surface area contributed by atoms with Gasteiger partial charge in [-0.15, -0.1) is 0 Å². The minimum Gasteiger partial charge on any atom is -0.308 e. The summed E-state index contributed by atoms with van der Waals surface area (Å²) in [6, 6.07) is 2.92. The topological polar surface area (TPSA) is 58.4 Å². The molecule has 1 aromatic heterocycles. The van der Waals surface area contributed by atoms with Gasteiger partial charge in [-0.05, 0) is 31.4 Å². The average molecular weight is 281 g/mol. The molecule has 0 saturated carbocycles. The minimum absolute atomic E-state index is 0.238. The molecule has 1 aromatic rings. The van der Waals surface area contributed by atoms with Crippen molar-refractivity contribution in [2.24, 2.45) is 0 Å². The minimum atomic E-state index is -0.313. The molecule has 2 aliphatic heterocycles. The van der Waals surface area contributed by atoms with Crippen LogP contribution in [0.25, 0.3) is 0 Å². The maximum absolute atomic E-state index is 10.7. The summed E-state index contributed by atoms with van der Waals surface area (Å²) < 4.78 is 0. The first kappa shape index (κ1) is 13.0. The number of nitrogens with zero attached hydrogens (tertiary/aromatic N) is 2. The van der Waals surface area contributed by atoms with Gasteiger partial charge in [0, 0.05) is 36.6 Å². The van der Waals surface area contributed by atoms with Gasteiger partial charge in [-0.3, -0.25) is 15.0 Å². The molecule has 104 valence electrons. The smallest absolute Gasteiger partial charge is 0.308 e. The summed E-state index contributed by atoms with van der Waals surface area (Å²) in [6.45, 7) is 3.19. The zero-order chi connectivity index (χ0) is 13.2. The van der Waals surface area contributed by atoms with E-state index >= 15 is 0 Å². The third-order valence-corrected chi connectivity index (χ3v) is 5.17. The van der Waals surface area contributed by atoms with E-state index in [1.807, 2.05) is 5.38 Å². The van der Waals surface area contributed by atoms with Gasteiger partial charge >= 0.3 is 5.00 Å². The monoisotopic (exact) mass is 281 g/mol. The molecule has 3 rings (SSSR count). The Kier molecular flexibility index (Phi) is 3.81. The maximum Gasteiger partial charge on any atom is 0.324 e. The van der Waals surface area contributed by atoms with Crippen LogP contribution in [0, 0.1) is 10.1 Å². The number of hydrogen-bond donors (Lipinski definition) is 1. The number of piperidine rings is 1. The molecule has 0 aromatic carbocycles. The van der Waals surface area contributed by atoms with Crippen LogP contribution in [0.4, 0.5) is 5.00 Å². The summed E-state index contributed by atoms with van der Waals surface area (Å²) in [5, 5.41) is 16.4. The Morgan fingerprint density at radius 2 is 2.32 bits per heavy atom. The highest BCUT2D eigenvalue weighted by molar-refractivity contribution is 7.13. The zero-order valence-corrected chi connectivity index (χ0v) is 11.7. The molecular weight excluding hydrogens is 262 g/mol. The average Bonchev–Trinajstić information content (AvgIpc) is 3.03. The highest BCUT2D eigenvalue weighted by Crippen LogP contribution is 2.28. The van der Waals surface area contributed by atoms with Gasteiger partial charge < -0.3 is 5.32 Å². The van der Waals surface area contributed by atoms with Crippen molar-refractivity contribution in [2.75, 3.05) is 13.1 Å². The predicted molar refractivity (Wildman–Crippen MR) is 75.4 cm³/mol. The van der Waals surface area contributed by atoms with Crippen LogP contribution in [-0.4, -0.2) is 35.0 Å². The number of fused-ring (bicyclic) bond motifs is 1. The van der Waals surface area contributed by atoms with Crippen LogP contribution in [0.1, 0.15) is 31.2 Å². The van der Waals surface area contributed by atoms with Crippen LogP contribution in [-0.2, 0) is 6.54 Å². The number of nitrogens with one attached hydrogen (secondary N) is 1. The SMILES string of the molecule is O=[N+]([O-])c1cc(CNC2CCN3CCCCC23)cs1. The van der Waals surface area contributed by atoms with Gasteiger partial charge in [-0.1, -0.05) is 17.8 Å². The highest BCUT2D eigenvalue weighted by Gasteiger charge is 2.34. The second-order valence-corrected chi connectivity index (χ2v) is 6.32. The fourth-order valence-electron chi connectivity index (χ4n) is 3.29. The molecule has 2 unspecified atom stereocenters. The van der Waals surface area contributed by atoms with Crippen molar-refractivity contribution in [2.45, 2.75) is 44.3 Å². The molecule has 0 amide bonds. The Bertz CT molecular complexity index is 462. The van der Waals surface area contributed by atoms with Crippen molar-refractivity contribution in [1.29, 1.82) is 0 Å². The van der Waals surface area contributed by atoms with Gasteiger partial charge in [-0.2, -0.15) is 0 Å². The van der Waals surface area contributed by atoms with Crippen LogP contribution in [0.3, 0.4) is 0 Å². The van der Waals surface area contributed by atoms with Gasteiger partial charge in [0.25, 0.3) is 0 Å². The quantitative estimate of drug-likeness (QED) is 0.680. The second-order valence-electron chi connectivity index (χ2n) is 5.43. The van der Waals surface area contributed by atoms with E-state index < -0.39 is 0 Å². The van der Waals surface area contributed by atoms with Crippen molar-refractivity contribution < 1.29 is 4.92 Å². The second kappa shape index (κ2) is 5.56. The van der Waals surface area contributed by atoms with Crippen molar-refractivity contribution in [3.8, 4) is 0 Å². The third-order valence-electron chi connectivity index (χ3n) is 4.24. The molecule has 0 radical (unpaired) electrons. The molecule has 19 heavy (non-hydrogen) atoms. The summed E-state index contributed by atoms with van der Waals surface area (Å²) in [5.41, 5.74) is 1.03. The van der Waals surface area contributed by atoms with Crippen LogP contribution >= 0.6 is 11.3 Å². The summed E-state index contributed by atoms with van der Waals surface area (Å²) >= 11 is 1.21. The first-order chi connectivity index (χ1) is 9.24. The largest absolute Gasteiger partial charge is 0.324 e. The van der Waals surface area contributed by atoms with Crippen LogP contribution in [0.15, 0.2) is 11.4 Å². The van der Waals surface area contributed by atoms with Crippen LogP contribution < -0.4 is 5.32 Å². The van der Waals surface area contributed by atoms with Gasteiger partial charge in [-0.25, -0.2) is 0 Å². The van der Waals surface area contributed by atoms with E-state index in [0.29, 0.717) is 12.1 Å². The molecular formula is C13H19N3O2S. The van der Waals surface area contributed by atoms with E-state index in [1.54, 1.807) is 6.07 Å². The lowest BCUT2D eigenvalue weighted by atomic mass is 9.99. The van der Waals surface area contributed by atoms with Gasteiger partial charge in [0.1, 0.15) is 0 Å². The number of thiophene rings is 1. The molecule has 0 bridgehead atoms. The highest BCUT2D eigenvalue weighted by atomic mass is 32.1. The third kappa shape index (κ3) is 2.80. The van der Waals surface area contributed by atoms with Gasteiger partial charge in [0.2, 0.25) is 0 Å². The Morgan fingerprint density at radius 1 is 1.42 bits per heavy atom. The number of hydrogen-bond acceptors (Lipinski definition) is 5. The van der Waals surface area contributed by atoms with Crippen molar-refractivity contribution in [1.82, 2.24) is 10.2 Å². The van der Waals surface area contributed by atoms with E-state index in [1.165, 1.54) is 50.1 Å². The van der Waals surface area contributed by atoms with Crippen molar-refractivity contribution in [3.05, 3.63) is 27.1 Å². The first-order valence-electron chi connectivity index (χ1n) is 6.93. The van der Waals surface area contributed by atoms with Crippen molar-refractivity contribution >= 4 is 16.3 Å². The maximum atomic E-state index is 10.7. The Morgan fingerprint density at radius 3 is 3.11 bits per heavy atom. The summed E-state index contributed by atoms with van der Waals surface area (Å²) in [7, 11) is 0.